The van der Waals surface area contributed by atoms with Crippen molar-refractivity contribution in [2.24, 2.45) is 0 Å². The summed E-state index contributed by atoms with van der Waals surface area (Å²) >= 11 is 0. The van der Waals surface area contributed by atoms with E-state index in [1.54, 1.807) is 26.2 Å². The molecule has 26 heavy (non-hydrogen) atoms. The summed E-state index contributed by atoms with van der Waals surface area (Å²) in [7, 11) is -7.35. The number of rotatable bonds is 5. The summed E-state index contributed by atoms with van der Waals surface area (Å²) in [5.74, 6) is -0.264. The number of nitrogens with zero attached hydrogens (tertiary/aromatic N) is 2. The van der Waals surface area contributed by atoms with E-state index in [1.807, 2.05) is 36.7 Å². The highest BCUT2D eigenvalue weighted by atomic mass is 32.2. The molecule has 2 aromatic rings. The smallest absolute Gasteiger partial charge is 0.264 e. The van der Waals surface area contributed by atoms with Crippen molar-refractivity contribution in [1.29, 1.82) is 0 Å². The Hall–Kier alpha value is -1.88. The van der Waals surface area contributed by atoms with E-state index >= 15 is 0 Å². The Balaban J connectivity index is 0.000000390. The lowest BCUT2D eigenvalue weighted by Crippen LogP contribution is -2.01. The molecule has 0 unspecified atom stereocenters. The molecule has 0 bridgehead atoms. The van der Waals surface area contributed by atoms with Crippen molar-refractivity contribution in [3.8, 4) is 11.1 Å². The van der Waals surface area contributed by atoms with Gasteiger partial charge in [0, 0.05) is 35.9 Å². The summed E-state index contributed by atoms with van der Waals surface area (Å²) in [6, 6.07) is 7.87. The molecule has 0 aromatic carbocycles. The van der Waals surface area contributed by atoms with Crippen LogP contribution >= 0.6 is 0 Å². The average molecular weight is 405 g/mol. The van der Waals surface area contributed by atoms with Crippen molar-refractivity contribution in [1.82, 2.24) is 9.97 Å². The first-order chi connectivity index (χ1) is 12.1. The first kappa shape index (κ1) is 24.1. The molecule has 0 radical (unpaired) electrons. The number of hydrogen-bond donors (Lipinski definition) is 2. The van der Waals surface area contributed by atoms with Crippen molar-refractivity contribution in [3.63, 3.8) is 0 Å². The standard InChI is InChI=1S/C10H8N2.2C3H8O3S/c1-3-9(7-11-5-1)10-4-2-6-12-8-10;2*1-2-3-7(4,5)6/h1-8H;2*2-3H2,1H3,(H,4,5,6). The second-order valence-electron chi connectivity index (χ2n) is 5.06. The summed E-state index contributed by atoms with van der Waals surface area (Å²) in [4.78, 5) is 8.07. The zero-order chi connectivity index (χ0) is 20.1. The SMILES string of the molecule is CCCS(=O)(=O)O.CCCS(=O)(=O)O.c1cncc(-c2cccnc2)c1. The van der Waals surface area contributed by atoms with Crippen molar-refractivity contribution in [3.05, 3.63) is 49.1 Å². The lowest BCUT2D eigenvalue weighted by atomic mass is 10.1. The van der Waals surface area contributed by atoms with E-state index in [9.17, 15) is 16.8 Å². The monoisotopic (exact) mass is 404 g/mol. The van der Waals surface area contributed by atoms with Gasteiger partial charge in [-0.1, -0.05) is 26.0 Å². The van der Waals surface area contributed by atoms with Gasteiger partial charge in [0.2, 0.25) is 0 Å². The minimum absolute atomic E-state index is 0.132. The Morgan fingerprint density at radius 3 is 1.27 bits per heavy atom. The normalized spacial score (nSPS) is 10.8. The predicted molar refractivity (Wildman–Crippen MR) is 101 cm³/mol. The van der Waals surface area contributed by atoms with Gasteiger partial charge in [-0.3, -0.25) is 19.1 Å². The van der Waals surface area contributed by atoms with E-state index in [0.717, 1.165) is 11.1 Å². The van der Waals surface area contributed by atoms with Crippen LogP contribution in [0.15, 0.2) is 49.1 Å². The molecule has 2 rings (SSSR count). The van der Waals surface area contributed by atoms with Gasteiger partial charge in [0.15, 0.2) is 0 Å². The fraction of sp³-hybridized carbons (Fsp3) is 0.375. The Bertz CT molecular complexity index is 739. The molecule has 10 heteroatoms. The van der Waals surface area contributed by atoms with Crippen LogP contribution in [0.4, 0.5) is 0 Å². The van der Waals surface area contributed by atoms with Gasteiger partial charge in [0.1, 0.15) is 0 Å². The Morgan fingerprint density at radius 2 is 1.12 bits per heavy atom. The molecule has 0 saturated carbocycles. The minimum atomic E-state index is -3.67. The zero-order valence-electron chi connectivity index (χ0n) is 14.7. The van der Waals surface area contributed by atoms with E-state index in [1.165, 1.54) is 0 Å². The Kier molecular flexibility index (Phi) is 11.6. The average Bonchev–Trinajstić information content (AvgIpc) is 2.55. The van der Waals surface area contributed by atoms with Crippen LogP contribution in [-0.4, -0.2) is 47.4 Å². The van der Waals surface area contributed by atoms with Crippen LogP contribution in [0.25, 0.3) is 11.1 Å². The molecule has 0 fully saturated rings. The first-order valence-electron chi connectivity index (χ1n) is 7.79. The van der Waals surface area contributed by atoms with Gasteiger partial charge < -0.3 is 0 Å². The molecule has 2 heterocycles. The van der Waals surface area contributed by atoms with Gasteiger partial charge in [-0.05, 0) is 25.0 Å². The lowest BCUT2D eigenvalue weighted by molar-refractivity contribution is 0.480. The highest BCUT2D eigenvalue weighted by molar-refractivity contribution is 7.86. The molecule has 0 aliphatic carbocycles. The summed E-state index contributed by atoms with van der Waals surface area (Å²) in [6.45, 7) is 3.38. The van der Waals surface area contributed by atoms with Crippen LogP contribution in [0.1, 0.15) is 26.7 Å². The molecule has 0 saturated heterocycles. The van der Waals surface area contributed by atoms with Gasteiger partial charge in [-0.15, -0.1) is 0 Å². The van der Waals surface area contributed by atoms with Crippen molar-refractivity contribution >= 4 is 20.2 Å². The maximum atomic E-state index is 9.79. The van der Waals surface area contributed by atoms with Crippen LogP contribution in [0.2, 0.25) is 0 Å². The fourth-order valence-corrected chi connectivity index (χ4v) is 2.61. The molecule has 0 spiro atoms. The molecule has 8 nitrogen and oxygen atoms in total. The van der Waals surface area contributed by atoms with Crippen LogP contribution in [0.5, 0.6) is 0 Å². The lowest BCUT2D eigenvalue weighted by Gasteiger charge is -1.97. The largest absolute Gasteiger partial charge is 0.286 e. The Labute approximate surface area is 154 Å². The summed E-state index contributed by atoms with van der Waals surface area (Å²) in [5.41, 5.74) is 2.20. The van der Waals surface area contributed by atoms with Gasteiger partial charge >= 0.3 is 0 Å². The zero-order valence-corrected chi connectivity index (χ0v) is 16.3. The van der Waals surface area contributed by atoms with Gasteiger partial charge in [0.05, 0.1) is 11.5 Å². The van der Waals surface area contributed by atoms with Gasteiger partial charge in [-0.25, -0.2) is 0 Å². The molecular weight excluding hydrogens is 380 g/mol. The second kappa shape index (κ2) is 12.5. The third-order valence-corrected chi connectivity index (χ3v) is 4.43. The molecular formula is C16H24N2O6S2. The Morgan fingerprint density at radius 1 is 0.769 bits per heavy atom. The maximum Gasteiger partial charge on any atom is 0.264 e. The van der Waals surface area contributed by atoms with Crippen LogP contribution < -0.4 is 0 Å². The number of pyridine rings is 2. The quantitative estimate of drug-likeness (QED) is 0.726. The van der Waals surface area contributed by atoms with E-state index in [4.69, 9.17) is 9.11 Å². The van der Waals surface area contributed by atoms with Crippen LogP contribution in [0.3, 0.4) is 0 Å². The molecule has 0 aliphatic heterocycles. The van der Waals surface area contributed by atoms with E-state index < -0.39 is 20.2 Å². The molecule has 146 valence electrons. The third kappa shape index (κ3) is 14.5. The number of hydrogen-bond acceptors (Lipinski definition) is 6. The van der Waals surface area contributed by atoms with Crippen molar-refractivity contribution in [2.45, 2.75) is 26.7 Å². The highest BCUT2D eigenvalue weighted by Gasteiger charge is 1.98. The molecule has 0 amide bonds. The fourth-order valence-electron chi connectivity index (χ4n) is 1.58. The minimum Gasteiger partial charge on any atom is -0.286 e. The molecule has 2 N–H and O–H groups in total. The second-order valence-corrected chi connectivity index (χ2v) is 8.20. The highest BCUT2D eigenvalue weighted by Crippen LogP contribution is 2.14. The topological polar surface area (TPSA) is 135 Å². The van der Waals surface area contributed by atoms with E-state index in [-0.39, 0.29) is 11.5 Å². The third-order valence-electron chi connectivity index (χ3n) is 2.58. The van der Waals surface area contributed by atoms with Crippen molar-refractivity contribution in [2.75, 3.05) is 11.5 Å². The molecule has 0 aliphatic rings. The summed E-state index contributed by atoms with van der Waals surface area (Å²) in [5, 5.41) is 0. The van der Waals surface area contributed by atoms with E-state index in [0.29, 0.717) is 12.8 Å². The van der Waals surface area contributed by atoms with Crippen LogP contribution in [-0.2, 0) is 20.2 Å². The van der Waals surface area contributed by atoms with Crippen LogP contribution in [0, 0.1) is 0 Å². The predicted octanol–water partition coefficient (Wildman–Crippen LogP) is 2.71. The molecule has 0 atom stereocenters. The molecule has 2 aromatic heterocycles. The van der Waals surface area contributed by atoms with Gasteiger partial charge in [-0.2, -0.15) is 16.8 Å². The summed E-state index contributed by atoms with van der Waals surface area (Å²) < 4.78 is 55.1. The maximum absolute atomic E-state index is 9.79. The first-order valence-corrected chi connectivity index (χ1v) is 11.0. The van der Waals surface area contributed by atoms with Crippen molar-refractivity contribution < 1.29 is 25.9 Å². The van der Waals surface area contributed by atoms with E-state index in [2.05, 4.69) is 9.97 Å². The number of aromatic nitrogens is 2. The summed E-state index contributed by atoms with van der Waals surface area (Å²) in [6.07, 6.45) is 8.13. The van der Waals surface area contributed by atoms with Gasteiger partial charge in [0.25, 0.3) is 20.2 Å².